The fourth-order valence-electron chi connectivity index (χ4n) is 2.18. The van der Waals surface area contributed by atoms with Gasteiger partial charge >= 0.3 is 0 Å². The van der Waals surface area contributed by atoms with Crippen LogP contribution in [0, 0.1) is 5.41 Å². The third-order valence-electron chi connectivity index (χ3n) is 3.05. The second-order valence-electron chi connectivity index (χ2n) is 6.28. The lowest BCUT2D eigenvalue weighted by Gasteiger charge is -2.39. The van der Waals surface area contributed by atoms with E-state index in [0.717, 1.165) is 13.0 Å². The first-order valence-corrected chi connectivity index (χ1v) is 5.80. The van der Waals surface area contributed by atoms with Crippen LogP contribution < -0.4 is 5.73 Å². The fraction of sp³-hybridized carbons (Fsp3) is 1.00. The van der Waals surface area contributed by atoms with Gasteiger partial charge in [-0.2, -0.15) is 0 Å². The third kappa shape index (κ3) is 4.43. The van der Waals surface area contributed by atoms with E-state index >= 15 is 0 Å². The number of hydrogen-bond donors (Lipinski definition) is 1. The highest BCUT2D eigenvalue weighted by Crippen LogP contribution is 2.28. The van der Waals surface area contributed by atoms with E-state index in [4.69, 9.17) is 5.73 Å². The van der Waals surface area contributed by atoms with E-state index in [2.05, 4.69) is 32.6 Å². The summed E-state index contributed by atoms with van der Waals surface area (Å²) in [6.07, 6.45) is 3.82. The molecular formula is C12H26N2. The zero-order valence-corrected chi connectivity index (χ0v) is 10.3. The molecular weight excluding hydrogens is 172 g/mol. The molecule has 2 nitrogen and oxygen atoms in total. The van der Waals surface area contributed by atoms with Crippen LogP contribution in [0.5, 0.6) is 0 Å². The Morgan fingerprint density at radius 1 is 1.36 bits per heavy atom. The van der Waals surface area contributed by atoms with E-state index < -0.39 is 0 Å². The molecule has 1 aliphatic rings. The molecule has 0 amide bonds. The zero-order chi connectivity index (χ0) is 10.8. The van der Waals surface area contributed by atoms with Crippen molar-refractivity contribution in [2.75, 3.05) is 19.6 Å². The summed E-state index contributed by atoms with van der Waals surface area (Å²) in [5, 5.41) is 0. The molecule has 0 atom stereocenters. The predicted octanol–water partition coefficient (Wildman–Crippen LogP) is 2.24. The van der Waals surface area contributed by atoms with Gasteiger partial charge in [-0.1, -0.05) is 13.8 Å². The van der Waals surface area contributed by atoms with Gasteiger partial charge in [0.2, 0.25) is 0 Å². The SMILES string of the molecule is CC(C)(N)CCN1CCCC(C)(C)C1. The summed E-state index contributed by atoms with van der Waals surface area (Å²) in [5.74, 6) is 0. The van der Waals surface area contributed by atoms with Gasteiger partial charge in [-0.25, -0.2) is 0 Å². The highest BCUT2D eigenvalue weighted by atomic mass is 15.1. The van der Waals surface area contributed by atoms with Crippen LogP contribution in [0.2, 0.25) is 0 Å². The number of nitrogens with two attached hydrogens (primary N) is 1. The van der Waals surface area contributed by atoms with E-state index in [1.807, 2.05) is 0 Å². The Morgan fingerprint density at radius 3 is 2.50 bits per heavy atom. The normalized spacial score (nSPS) is 23.8. The molecule has 1 rings (SSSR count). The maximum atomic E-state index is 5.99. The maximum Gasteiger partial charge on any atom is 0.0109 e. The number of nitrogens with zero attached hydrogens (tertiary/aromatic N) is 1. The van der Waals surface area contributed by atoms with Crippen LogP contribution in [0.3, 0.4) is 0 Å². The molecule has 2 N–H and O–H groups in total. The van der Waals surface area contributed by atoms with E-state index in [0.29, 0.717) is 5.41 Å². The van der Waals surface area contributed by atoms with Crippen molar-refractivity contribution in [1.82, 2.24) is 4.90 Å². The van der Waals surface area contributed by atoms with Crippen molar-refractivity contribution in [3.8, 4) is 0 Å². The first-order chi connectivity index (χ1) is 6.29. The largest absolute Gasteiger partial charge is 0.326 e. The summed E-state index contributed by atoms with van der Waals surface area (Å²) in [6, 6.07) is 0. The number of piperidine rings is 1. The molecule has 0 aromatic carbocycles. The third-order valence-corrected chi connectivity index (χ3v) is 3.05. The molecule has 0 bridgehead atoms. The molecule has 0 aromatic rings. The number of rotatable bonds is 3. The number of likely N-dealkylation sites (tertiary alicyclic amines) is 1. The van der Waals surface area contributed by atoms with Crippen molar-refractivity contribution in [3.63, 3.8) is 0 Å². The molecule has 84 valence electrons. The average Bonchev–Trinajstić information content (AvgIpc) is 1.98. The minimum Gasteiger partial charge on any atom is -0.326 e. The Hall–Kier alpha value is -0.0800. The smallest absolute Gasteiger partial charge is 0.0109 e. The van der Waals surface area contributed by atoms with Crippen LogP contribution >= 0.6 is 0 Å². The lowest BCUT2D eigenvalue weighted by molar-refractivity contribution is 0.111. The van der Waals surface area contributed by atoms with Gasteiger partial charge in [0.25, 0.3) is 0 Å². The quantitative estimate of drug-likeness (QED) is 0.753. The number of hydrogen-bond acceptors (Lipinski definition) is 2. The van der Waals surface area contributed by atoms with Crippen LogP contribution in [-0.4, -0.2) is 30.1 Å². The molecule has 0 radical (unpaired) electrons. The van der Waals surface area contributed by atoms with Crippen LogP contribution in [0.25, 0.3) is 0 Å². The van der Waals surface area contributed by atoms with Gasteiger partial charge in [0, 0.05) is 12.1 Å². The fourth-order valence-corrected chi connectivity index (χ4v) is 2.18. The predicted molar refractivity (Wildman–Crippen MR) is 62.3 cm³/mol. The topological polar surface area (TPSA) is 29.3 Å². The summed E-state index contributed by atoms with van der Waals surface area (Å²) >= 11 is 0. The Labute approximate surface area is 88.8 Å². The molecule has 1 aliphatic heterocycles. The second-order valence-corrected chi connectivity index (χ2v) is 6.28. The van der Waals surface area contributed by atoms with Crippen molar-refractivity contribution in [2.45, 2.75) is 52.5 Å². The average molecular weight is 198 g/mol. The highest BCUT2D eigenvalue weighted by molar-refractivity contribution is 4.81. The molecule has 0 spiro atoms. The second kappa shape index (κ2) is 4.19. The van der Waals surface area contributed by atoms with Crippen molar-refractivity contribution < 1.29 is 0 Å². The molecule has 2 heteroatoms. The standard InChI is InChI=1S/C12H26N2/c1-11(2)6-5-8-14(10-11)9-7-12(3,4)13/h5-10,13H2,1-4H3. The summed E-state index contributed by atoms with van der Waals surface area (Å²) in [6.45, 7) is 12.6. The van der Waals surface area contributed by atoms with Crippen LogP contribution in [0.4, 0.5) is 0 Å². The first kappa shape index (κ1) is 12.0. The van der Waals surface area contributed by atoms with Crippen molar-refractivity contribution in [1.29, 1.82) is 0 Å². The van der Waals surface area contributed by atoms with Crippen molar-refractivity contribution in [2.24, 2.45) is 11.1 Å². The zero-order valence-electron chi connectivity index (χ0n) is 10.3. The first-order valence-electron chi connectivity index (χ1n) is 5.80. The Morgan fingerprint density at radius 2 is 2.00 bits per heavy atom. The summed E-state index contributed by atoms with van der Waals surface area (Å²) in [5.41, 5.74) is 6.49. The summed E-state index contributed by atoms with van der Waals surface area (Å²) in [4.78, 5) is 2.57. The highest BCUT2D eigenvalue weighted by Gasteiger charge is 2.26. The molecule has 1 fully saturated rings. The summed E-state index contributed by atoms with van der Waals surface area (Å²) < 4.78 is 0. The molecule has 1 heterocycles. The minimum atomic E-state index is -0.0123. The van der Waals surface area contributed by atoms with Crippen LogP contribution in [-0.2, 0) is 0 Å². The van der Waals surface area contributed by atoms with Crippen LogP contribution in [0.1, 0.15) is 47.0 Å². The molecule has 1 saturated heterocycles. The molecule has 0 aromatic heterocycles. The molecule has 0 unspecified atom stereocenters. The monoisotopic (exact) mass is 198 g/mol. The van der Waals surface area contributed by atoms with Gasteiger partial charge in [-0.05, 0) is 51.6 Å². The van der Waals surface area contributed by atoms with Gasteiger partial charge in [-0.3, -0.25) is 0 Å². The van der Waals surface area contributed by atoms with Gasteiger partial charge in [0.05, 0.1) is 0 Å². The van der Waals surface area contributed by atoms with Crippen molar-refractivity contribution in [3.05, 3.63) is 0 Å². The van der Waals surface area contributed by atoms with Gasteiger partial charge < -0.3 is 10.6 Å². The lowest BCUT2D eigenvalue weighted by atomic mass is 9.84. The molecule has 0 saturated carbocycles. The van der Waals surface area contributed by atoms with Gasteiger partial charge in [0.15, 0.2) is 0 Å². The van der Waals surface area contributed by atoms with Gasteiger partial charge in [-0.15, -0.1) is 0 Å². The molecule has 0 aliphatic carbocycles. The van der Waals surface area contributed by atoms with Crippen LogP contribution in [0.15, 0.2) is 0 Å². The Bertz CT molecular complexity index is 179. The van der Waals surface area contributed by atoms with Crippen molar-refractivity contribution >= 4 is 0 Å². The lowest BCUT2D eigenvalue weighted by Crippen LogP contribution is -2.43. The molecule has 14 heavy (non-hydrogen) atoms. The minimum absolute atomic E-state index is 0.0123. The van der Waals surface area contributed by atoms with E-state index in [9.17, 15) is 0 Å². The summed E-state index contributed by atoms with van der Waals surface area (Å²) in [7, 11) is 0. The van der Waals surface area contributed by atoms with Gasteiger partial charge in [0.1, 0.15) is 0 Å². The Kier molecular flexibility index (Phi) is 3.59. The van der Waals surface area contributed by atoms with E-state index in [1.165, 1.54) is 25.9 Å². The maximum absolute atomic E-state index is 5.99. The van der Waals surface area contributed by atoms with E-state index in [-0.39, 0.29) is 5.54 Å². The van der Waals surface area contributed by atoms with E-state index in [1.54, 1.807) is 0 Å². The Balaban J connectivity index is 2.32.